The fourth-order valence-corrected chi connectivity index (χ4v) is 2.66. The minimum Gasteiger partial charge on any atom is -0.207 e. The topological polar surface area (TPSA) is 0 Å². The van der Waals surface area contributed by atoms with E-state index < -0.39 is 0 Å². The minimum absolute atomic E-state index is 0.164. The van der Waals surface area contributed by atoms with Crippen molar-refractivity contribution < 1.29 is 4.39 Å². The highest BCUT2D eigenvalue weighted by atomic mass is 35.5. The molecule has 0 nitrogen and oxygen atoms in total. The summed E-state index contributed by atoms with van der Waals surface area (Å²) >= 11 is 7.23. The molecular weight excluding hydrogens is 219 g/mol. The van der Waals surface area contributed by atoms with Crippen molar-refractivity contribution >= 4 is 33.0 Å². The molecular formula is C11H10ClFS. The zero-order chi connectivity index (χ0) is 9.97. The van der Waals surface area contributed by atoms with Crippen LogP contribution < -0.4 is 0 Å². The molecule has 0 saturated carbocycles. The van der Waals surface area contributed by atoms with Gasteiger partial charge in [-0.05, 0) is 41.3 Å². The fraction of sp³-hybridized carbons (Fsp3) is 0.273. The summed E-state index contributed by atoms with van der Waals surface area (Å²) in [5.74, 6) is 0.515. The molecule has 0 bridgehead atoms. The van der Waals surface area contributed by atoms with Crippen LogP contribution in [0.1, 0.15) is 12.0 Å². The van der Waals surface area contributed by atoms with E-state index in [0.717, 1.165) is 17.5 Å². The quantitative estimate of drug-likeness (QED) is 0.691. The molecule has 3 heteroatoms. The van der Waals surface area contributed by atoms with Crippen molar-refractivity contribution in [1.29, 1.82) is 0 Å². The molecule has 0 amide bonds. The predicted octanol–water partition coefficient (Wildman–Crippen LogP) is 4.21. The number of benzene rings is 1. The molecule has 0 spiro atoms. The zero-order valence-corrected chi connectivity index (χ0v) is 9.17. The first-order chi connectivity index (χ1) is 6.81. The average Bonchev–Trinajstić information content (AvgIpc) is 2.57. The van der Waals surface area contributed by atoms with Crippen molar-refractivity contribution in [1.82, 2.24) is 0 Å². The fourth-order valence-electron chi connectivity index (χ4n) is 1.51. The van der Waals surface area contributed by atoms with Gasteiger partial charge in [-0.1, -0.05) is 6.07 Å². The van der Waals surface area contributed by atoms with Gasteiger partial charge in [0.25, 0.3) is 0 Å². The first kappa shape index (κ1) is 9.94. The Bertz CT molecular complexity index is 436. The highest BCUT2D eigenvalue weighted by molar-refractivity contribution is 7.17. The van der Waals surface area contributed by atoms with Crippen molar-refractivity contribution in [3.8, 4) is 0 Å². The monoisotopic (exact) mass is 228 g/mol. The summed E-state index contributed by atoms with van der Waals surface area (Å²) in [5, 5.41) is 3.26. The molecule has 0 aliphatic rings. The molecule has 0 aliphatic heterocycles. The van der Waals surface area contributed by atoms with E-state index in [1.165, 1.54) is 17.0 Å². The predicted molar refractivity (Wildman–Crippen MR) is 60.8 cm³/mol. The Morgan fingerprint density at radius 1 is 1.36 bits per heavy atom. The Balaban J connectivity index is 2.37. The minimum atomic E-state index is -0.164. The van der Waals surface area contributed by atoms with Crippen LogP contribution in [0.5, 0.6) is 0 Å². The summed E-state index contributed by atoms with van der Waals surface area (Å²) in [7, 11) is 0. The molecule has 1 aromatic heterocycles. The van der Waals surface area contributed by atoms with Gasteiger partial charge in [0.05, 0.1) is 0 Å². The highest BCUT2D eigenvalue weighted by Crippen LogP contribution is 2.27. The Morgan fingerprint density at radius 3 is 3.00 bits per heavy atom. The standard InChI is InChI=1S/C11H10ClFS/c12-5-1-2-8-7-14-11-6-9(13)3-4-10(8)11/h3-4,6-7H,1-2,5H2. The van der Waals surface area contributed by atoms with Gasteiger partial charge in [0.15, 0.2) is 0 Å². The van der Waals surface area contributed by atoms with Crippen molar-refractivity contribution in [3.05, 3.63) is 35.0 Å². The lowest BCUT2D eigenvalue weighted by molar-refractivity contribution is 0.630. The molecule has 74 valence electrons. The lowest BCUT2D eigenvalue weighted by atomic mass is 10.1. The number of rotatable bonds is 3. The van der Waals surface area contributed by atoms with Crippen LogP contribution in [0.15, 0.2) is 23.6 Å². The second-order valence-corrected chi connectivity index (χ2v) is 4.48. The maximum Gasteiger partial charge on any atom is 0.124 e. The molecule has 2 rings (SSSR count). The molecule has 0 N–H and O–H groups in total. The SMILES string of the molecule is Fc1ccc2c(CCCCl)csc2c1. The Labute approximate surface area is 91.3 Å². The third kappa shape index (κ3) is 1.91. The van der Waals surface area contributed by atoms with Crippen LogP contribution in [0.2, 0.25) is 0 Å². The summed E-state index contributed by atoms with van der Waals surface area (Å²) < 4.78 is 13.9. The van der Waals surface area contributed by atoms with Crippen LogP contribution in [0.25, 0.3) is 10.1 Å². The van der Waals surface area contributed by atoms with Gasteiger partial charge in [-0.15, -0.1) is 22.9 Å². The van der Waals surface area contributed by atoms with E-state index in [2.05, 4.69) is 5.38 Å². The van der Waals surface area contributed by atoms with Gasteiger partial charge in [0.2, 0.25) is 0 Å². The van der Waals surface area contributed by atoms with E-state index in [9.17, 15) is 4.39 Å². The molecule has 0 radical (unpaired) electrons. The number of alkyl halides is 1. The van der Waals surface area contributed by atoms with E-state index >= 15 is 0 Å². The van der Waals surface area contributed by atoms with Crippen LogP contribution in [0.3, 0.4) is 0 Å². The smallest absolute Gasteiger partial charge is 0.124 e. The van der Waals surface area contributed by atoms with E-state index in [0.29, 0.717) is 5.88 Å². The molecule has 0 atom stereocenters. The van der Waals surface area contributed by atoms with Crippen molar-refractivity contribution in [3.63, 3.8) is 0 Å². The number of fused-ring (bicyclic) bond motifs is 1. The lowest BCUT2D eigenvalue weighted by Gasteiger charge is -1.96. The van der Waals surface area contributed by atoms with Gasteiger partial charge in [0, 0.05) is 10.6 Å². The van der Waals surface area contributed by atoms with Gasteiger partial charge in [-0.2, -0.15) is 0 Å². The number of thiophene rings is 1. The maximum atomic E-state index is 12.9. The number of hydrogen-bond donors (Lipinski definition) is 0. The van der Waals surface area contributed by atoms with Crippen LogP contribution in [0.4, 0.5) is 4.39 Å². The Hall–Kier alpha value is -0.600. The highest BCUT2D eigenvalue weighted by Gasteiger charge is 2.04. The molecule has 14 heavy (non-hydrogen) atoms. The molecule has 2 aromatic rings. The summed E-state index contributed by atoms with van der Waals surface area (Å²) in [5.41, 5.74) is 1.28. The number of halogens is 2. The largest absolute Gasteiger partial charge is 0.207 e. The van der Waals surface area contributed by atoms with Crippen LogP contribution in [-0.2, 0) is 6.42 Å². The third-order valence-corrected chi connectivity index (χ3v) is 3.46. The van der Waals surface area contributed by atoms with E-state index in [1.54, 1.807) is 17.4 Å². The van der Waals surface area contributed by atoms with E-state index in [1.807, 2.05) is 6.07 Å². The summed E-state index contributed by atoms with van der Waals surface area (Å²) in [6.07, 6.45) is 1.96. The number of hydrogen-bond acceptors (Lipinski definition) is 1. The lowest BCUT2D eigenvalue weighted by Crippen LogP contribution is -1.83. The molecule has 0 fully saturated rings. The normalized spacial score (nSPS) is 11.0. The molecule has 0 aliphatic carbocycles. The van der Waals surface area contributed by atoms with Gasteiger partial charge in [0.1, 0.15) is 5.82 Å². The van der Waals surface area contributed by atoms with Gasteiger partial charge < -0.3 is 0 Å². The Kier molecular flexibility index (Phi) is 3.04. The summed E-state index contributed by atoms with van der Waals surface area (Å²) in [6, 6.07) is 4.95. The van der Waals surface area contributed by atoms with Crippen molar-refractivity contribution in [2.24, 2.45) is 0 Å². The second kappa shape index (κ2) is 4.28. The van der Waals surface area contributed by atoms with E-state index in [4.69, 9.17) is 11.6 Å². The van der Waals surface area contributed by atoms with Crippen LogP contribution >= 0.6 is 22.9 Å². The molecule has 0 unspecified atom stereocenters. The first-order valence-electron chi connectivity index (χ1n) is 4.53. The summed E-state index contributed by atoms with van der Waals surface area (Å²) in [4.78, 5) is 0. The number of aryl methyl sites for hydroxylation is 1. The molecule has 1 aromatic carbocycles. The zero-order valence-electron chi connectivity index (χ0n) is 7.59. The molecule has 0 saturated heterocycles. The molecule has 1 heterocycles. The second-order valence-electron chi connectivity index (χ2n) is 3.19. The summed E-state index contributed by atoms with van der Waals surface area (Å²) in [6.45, 7) is 0. The van der Waals surface area contributed by atoms with Gasteiger partial charge in [-0.3, -0.25) is 0 Å². The van der Waals surface area contributed by atoms with E-state index in [-0.39, 0.29) is 5.82 Å². The average molecular weight is 229 g/mol. The first-order valence-corrected chi connectivity index (χ1v) is 5.94. The maximum absolute atomic E-state index is 12.9. The van der Waals surface area contributed by atoms with Crippen molar-refractivity contribution in [2.45, 2.75) is 12.8 Å². The van der Waals surface area contributed by atoms with Gasteiger partial charge >= 0.3 is 0 Å². The van der Waals surface area contributed by atoms with Gasteiger partial charge in [-0.25, -0.2) is 4.39 Å². The Morgan fingerprint density at radius 2 is 2.21 bits per heavy atom. The van der Waals surface area contributed by atoms with Crippen LogP contribution in [0, 0.1) is 5.82 Å². The van der Waals surface area contributed by atoms with Crippen molar-refractivity contribution in [2.75, 3.05) is 5.88 Å². The van der Waals surface area contributed by atoms with Crippen LogP contribution in [-0.4, -0.2) is 5.88 Å². The third-order valence-electron chi connectivity index (χ3n) is 2.20.